The number of nitrogens with zero attached hydrogens (tertiary/aromatic N) is 1. The van der Waals surface area contributed by atoms with Crippen molar-refractivity contribution < 1.29 is 23.1 Å². The van der Waals surface area contributed by atoms with Crippen molar-refractivity contribution in [2.75, 3.05) is 39.6 Å². The molecule has 2 N–H and O–H groups in total. The Balaban J connectivity index is 2.48. The van der Waals surface area contributed by atoms with Gasteiger partial charge in [-0.1, -0.05) is 0 Å². The van der Waals surface area contributed by atoms with Gasteiger partial charge in [-0.15, -0.1) is 0 Å². The normalized spacial score (nSPS) is 23.5. The Kier molecular flexibility index (Phi) is 6.58. The van der Waals surface area contributed by atoms with Crippen LogP contribution in [0.1, 0.15) is 26.2 Å². The zero-order chi connectivity index (χ0) is 16.1. The van der Waals surface area contributed by atoms with Crippen LogP contribution in [0.25, 0.3) is 0 Å². The maximum absolute atomic E-state index is 12.1. The van der Waals surface area contributed by atoms with Gasteiger partial charge in [0, 0.05) is 39.8 Å². The van der Waals surface area contributed by atoms with E-state index in [2.05, 4.69) is 5.32 Å². The van der Waals surface area contributed by atoms with Crippen LogP contribution in [0, 0.1) is 5.92 Å². The highest BCUT2D eigenvalue weighted by atomic mass is 32.2. The van der Waals surface area contributed by atoms with Gasteiger partial charge in [0.1, 0.15) is 0 Å². The van der Waals surface area contributed by atoms with Crippen molar-refractivity contribution in [3.63, 3.8) is 0 Å². The number of ether oxygens (including phenoxy) is 1. The molecule has 7 nitrogen and oxygen atoms in total. The molecule has 0 aromatic heterocycles. The first kappa shape index (κ1) is 18.3. The Morgan fingerprint density at radius 1 is 1.52 bits per heavy atom. The van der Waals surface area contributed by atoms with E-state index in [1.807, 2.05) is 0 Å². The average Bonchev–Trinajstić information content (AvgIpc) is 2.42. The second-order valence-corrected chi connectivity index (χ2v) is 7.90. The molecule has 0 saturated carbocycles. The van der Waals surface area contributed by atoms with Crippen LogP contribution < -0.4 is 5.32 Å². The third kappa shape index (κ3) is 6.29. The molecule has 124 valence electrons. The first-order valence-corrected chi connectivity index (χ1v) is 8.95. The first-order valence-electron chi connectivity index (χ1n) is 7.10. The lowest BCUT2D eigenvalue weighted by Crippen LogP contribution is -2.48. The number of hydrogen-bond donors (Lipinski definition) is 2. The van der Waals surface area contributed by atoms with Gasteiger partial charge in [0.25, 0.3) is 0 Å². The van der Waals surface area contributed by atoms with E-state index in [9.17, 15) is 18.3 Å². The molecule has 2 unspecified atom stereocenters. The van der Waals surface area contributed by atoms with Crippen molar-refractivity contribution in [1.29, 1.82) is 0 Å². The molecule has 1 aliphatic rings. The van der Waals surface area contributed by atoms with Gasteiger partial charge in [0.05, 0.1) is 17.8 Å². The summed E-state index contributed by atoms with van der Waals surface area (Å²) in [6, 6.07) is 0. The lowest BCUT2D eigenvalue weighted by molar-refractivity contribution is -0.127. The summed E-state index contributed by atoms with van der Waals surface area (Å²) in [4.78, 5) is 12.1. The molecule has 0 aliphatic carbocycles. The fraction of sp³-hybridized carbons (Fsp3) is 0.923. The molecular weight excluding hydrogens is 296 g/mol. The monoisotopic (exact) mass is 322 g/mol. The maximum atomic E-state index is 12.1. The van der Waals surface area contributed by atoms with Crippen LogP contribution in [0.5, 0.6) is 0 Å². The van der Waals surface area contributed by atoms with Crippen LogP contribution in [0.3, 0.4) is 0 Å². The highest BCUT2D eigenvalue weighted by Gasteiger charge is 2.31. The van der Waals surface area contributed by atoms with Gasteiger partial charge in [0.15, 0.2) is 0 Å². The number of piperidine rings is 1. The van der Waals surface area contributed by atoms with Crippen LogP contribution >= 0.6 is 0 Å². The molecule has 0 radical (unpaired) electrons. The zero-order valence-corrected chi connectivity index (χ0v) is 13.8. The summed E-state index contributed by atoms with van der Waals surface area (Å²) < 4.78 is 29.3. The highest BCUT2D eigenvalue weighted by Crippen LogP contribution is 2.19. The number of rotatable bonds is 7. The number of carbonyl (C=O) groups excluding carboxylic acids is 1. The molecule has 0 spiro atoms. The lowest BCUT2D eigenvalue weighted by atomic mass is 9.97. The van der Waals surface area contributed by atoms with Crippen LogP contribution in [0.2, 0.25) is 0 Å². The molecule has 1 fully saturated rings. The van der Waals surface area contributed by atoms with Crippen molar-refractivity contribution in [2.45, 2.75) is 31.8 Å². The van der Waals surface area contributed by atoms with E-state index in [1.54, 1.807) is 14.0 Å². The Hall–Kier alpha value is -0.700. The van der Waals surface area contributed by atoms with Crippen LogP contribution in [-0.2, 0) is 19.6 Å². The number of methoxy groups -OCH3 is 1. The topological polar surface area (TPSA) is 95.9 Å². The minimum absolute atomic E-state index is 0.130. The smallest absolute Gasteiger partial charge is 0.224 e. The van der Waals surface area contributed by atoms with Crippen LogP contribution in [0.4, 0.5) is 0 Å². The van der Waals surface area contributed by atoms with Gasteiger partial charge in [0.2, 0.25) is 15.9 Å². The van der Waals surface area contributed by atoms with Gasteiger partial charge < -0.3 is 15.2 Å². The molecular formula is C13H26N2O5S. The number of amides is 1. The van der Waals surface area contributed by atoms with Gasteiger partial charge in [-0.2, -0.15) is 0 Å². The number of hydrogen-bond acceptors (Lipinski definition) is 5. The molecule has 1 saturated heterocycles. The molecule has 8 heteroatoms. The van der Waals surface area contributed by atoms with Crippen molar-refractivity contribution in [2.24, 2.45) is 5.92 Å². The number of aliphatic hydroxyl groups is 1. The molecule has 2 atom stereocenters. The Morgan fingerprint density at radius 2 is 2.19 bits per heavy atom. The minimum atomic E-state index is -3.26. The lowest BCUT2D eigenvalue weighted by Gasteiger charge is -2.31. The first-order chi connectivity index (χ1) is 9.65. The SMILES string of the molecule is COCCC(C)(O)CNC(=O)C1CCCN(S(C)(=O)=O)C1. The molecule has 0 aromatic carbocycles. The fourth-order valence-corrected chi connectivity index (χ4v) is 3.20. The van der Waals surface area contributed by atoms with Crippen molar-refractivity contribution in [3.8, 4) is 0 Å². The predicted octanol–water partition coefficient (Wildman–Crippen LogP) is -0.438. The third-order valence-corrected chi connectivity index (χ3v) is 4.98. The van der Waals surface area contributed by atoms with Crippen molar-refractivity contribution in [1.82, 2.24) is 9.62 Å². The number of sulfonamides is 1. The summed E-state index contributed by atoms with van der Waals surface area (Å²) in [7, 11) is -1.71. The molecule has 1 amide bonds. The number of carbonyl (C=O) groups is 1. The summed E-state index contributed by atoms with van der Waals surface area (Å²) in [5, 5.41) is 12.8. The molecule has 21 heavy (non-hydrogen) atoms. The fourth-order valence-electron chi connectivity index (χ4n) is 2.29. The largest absolute Gasteiger partial charge is 0.388 e. The van der Waals surface area contributed by atoms with E-state index >= 15 is 0 Å². The maximum Gasteiger partial charge on any atom is 0.224 e. The Labute approximate surface area is 126 Å². The Morgan fingerprint density at radius 3 is 2.76 bits per heavy atom. The van der Waals surface area contributed by atoms with Crippen LogP contribution in [-0.4, -0.2) is 68.9 Å². The van der Waals surface area contributed by atoms with E-state index in [-0.39, 0.29) is 24.9 Å². The standard InChI is InChI=1S/C13H26N2O5S/c1-13(17,6-8-20-2)10-14-12(16)11-5-4-7-15(9-11)21(3,18)19/h11,17H,4-10H2,1-3H3,(H,14,16). The van der Waals surface area contributed by atoms with E-state index in [4.69, 9.17) is 4.74 Å². The summed E-state index contributed by atoms with van der Waals surface area (Å²) in [6.45, 7) is 2.85. The highest BCUT2D eigenvalue weighted by molar-refractivity contribution is 7.88. The zero-order valence-electron chi connectivity index (χ0n) is 13.0. The molecule has 1 aliphatic heterocycles. The van der Waals surface area contributed by atoms with Crippen molar-refractivity contribution >= 4 is 15.9 Å². The summed E-state index contributed by atoms with van der Waals surface area (Å²) >= 11 is 0. The summed E-state index contributed by atoms with van der Waals surface area (Å²) in [5.41, 5.74) is -1.03. The number of nitrogens with one attached hydrogen (secondary N) is 1. The minimum Gasteiger partial charge on any atom is -0.388 e. The van der Waals surface area contributed by atoms with Crippen molar-refractivity contribution in [3.05, 3.63) is 0 Å². The van der Waals surface area contributed by atoms with Gasteiger partial charge in [-0.05, 0) is 19.8 Å². The summed E-state index contributed by atoms with van der Waals surface area (Å²) in [6.07, 6.45) is 2.91. The van der Waals surface area contributed by atoms with Gasteiger partial charge in [-0.25, -0.2) is 12.7 Å². The summed E-state index contributed by atoms with van der Waals surface area (Å²) in [5.74, 6) is -0.562. The van der Waals surface area contributed by atoms with Gasteiger partial charge in [-0.3, -0.25) is 4.79 Å². The third-order valence-electron chi connectivity index (χ3n) is 3.71. The molecule has 1 heterocycles. The second-order valence-electron chi connectivity index (χ2n) is 5.92. The molecule has 0 bridgehead atoms. The quantitative estimate of drug-likeness (QED) is 0.662. The van der Waals surface area contributed by atoms with E-state index in [1.165, 1.54) is 4.31 Å². The van der Waals surface area contributed by atoms with E-state index < -0.39 is 15.6 Å². The van der Waals surface area contributed by atoms with Gasteiger partial charge >= 0.3 is 0 Å². The second kappa shape index (κ2) is 7.53. The van der Waals surface area contributed by atoms with E-state index in [0.29, 0.717) is 32.4 Å². The molecule has 0 aromatic rings. The average molecular weight is 322 g/mol. The predicted molar refractivity (Wildman–Crippen MR) is 79.3 cm³/mol. The van der Waals surface area contributed by atoms with Crippen LogP contribution in [0.15, 0.2) is 0 Å². The Bertz CT molecular complexity index is 449. The molecule has 1 rings (SSSR count). The van der Waals surface area contributed by atoms with E-state index in [0.717, 1.165) is 6.26 Å².